The molecule has 0 radical (unpaired) electrons. The summed E-state index contributed by atoms with van der Waals surface area (Å²) in [6.45, 7) is 7.83. The number of carbonyl (C=O) groups excluding carboxylic acids is 2. The van der Waals surface area contributed by atoms with Gasteiger partial charge in [-0.25, -0.2) is 4.98 Å². The van der Waals surface area contributed by atoms with E-state index in [1.165, 1.54) is 11.3 Å². The van der Waals surface area contributed by atoms with Crippen molar-refractivity contribution < 1.29 is 9.59 Å². The molecule has 7 heteroatoms. The van der Waals surface area contributed by atoms with Crippen LogP contribution in [0.4, 0.5) is 5.69 Å². The first-order valence-electron chi connectivity index (χ1n) is 11.6. The van der Waals surface area contributed by atoms with Crippen LogP contribution in [0.3, 0.4) is 0 Å². The maximum absolute atomic E-state index is 13.1. The summed E-state index contributed by atoms with van der Waals surface area (Å²) in [6.07, 6.45) is 4.01. The number of fused-ring (bicyclic) bond motifs is 1. The minimum Gasteiger partial charge on any atom is -0.337 e. The molecule has 0 bridgehead atoms. The highest BCUT2D eigenvalue weighted by Crippen LogP contribution is 2.27. The van der Waals surface area contributed by atoms with Gasteiger partial charge in [-0.1, -0.05) is 36.2 Å². The molecule has 1 saturated heterocycles. The third kappa shape index (κ3) is 4.48. The van der Waals surface area contributed by atoms with Crippen molar-refractivity contribution in [1.82, 2.24) is 14.3 Å². The summed E-state index contributed by atoms with van der Waals surface area (Å²) in [6, 6.07) is 13.5. The van der Waals surface area contributed by atoms with E-state index in [9.17, 15) is 9.59 Å². The number of rotatable bonds is 4. The van der Waals surface area contributed by atoms with Gasteiger partial charge in [-0.15, -0.1) is 11.3 Å². The van der Waals surface area contributed by atoms with Crippen molar-refractivity contribution in [2.24, 2.45) is 5.92 Å². The second-order valence-corrected chi connectivity index (χ2v) is 10.1. The number of hydrogen-bond acceptors (Lipinski definition) is 4. The second-order valence-electron chi connectivity index (χ2n) is 9.29. The molecule has 1 fully saturated rings. The van der Waals surface area contributed by atoms with Gasteiger partial charge in [0, 0.05) is 41.5 Å². The third-order valence-electron chi connectivity index (χ3n) is 6.40. The van der Waals surface area contributed by atoms with Crippen molar-refractivity contribution in [3.8, 4) is 11.3 Å². The Morgan fingerprint density at radius 3 is 2.53 bits per heavy atom. The number of aromatic nitrogens is 2. The minimum atomic E-state index is -0.140. The van der Waals surface area contributed by atoms with Gasteiger partial charge in [0.1, 0.15) is 5.69 Å². The maximum atomic E-state index is 13.1. The van der Waals surface area contributed by atoms with Gasteiger partial charge in [0.25, 0.3) is 11.8 Å². The van der Waals surface area contributed by atoms with Crippen molar-refractivity contribution in [1.29, 1.82) is 0 Å². The lowest BCUT2D eigenvalue weighted by Crippen LogP contribution is -2.38. The summed E-state index contributed by atoms with van der Waals surface area (Å²) >= 11 is 1.47. The number of thiazole rings is 1. The molecule has 2 aromatic carbocycles. The Labute approximate surface area is 203 Å². The fraction of sp³-hybridized carbons (Fsp3) is 0.296. The molecule has 0 atom stereocenters. The van der Waals surface area contributed by atoms with E-state index in [1.807, 2.05) is 77.2 Å². The molecule has 2 amide bonds. The van der Waals surface area contributed by atoms with Crippen LogP contribution >= 0.6 is 11.3 Å². The van der Waals surface area contributed by atoms with Gasteiger partial charge >= 0.3 is 0 Å². The standard InChI is InChI=1S/C27H28N4O2S/c1-17-7-9-30(10-8-17)26(33)24-16-34-27-29-23(15-31(24)27)20-5-4-6-22(14-20)28-25(32)21-12-18(2)11-19(3)13-21/h4-6,11-17H,7-10H2,1-3H3,(H,28,32). The molecule has 6 nitrogen and oxygen atoms in total. The van der Waals surface area contributed by atoms with Crippen LogP contribution in [0, 0.1) is 19.8 Å². The number of piperidine rings is 1. The minimum absolute atomic E-state index is 0.0663. The number of imidazole rings is 1. The molecule has 5 rings (SSSR count). The first-order chi connectivity index (χ1) is 16.4. The highest BCUT2D eigenvalue weighted by Gasteiger charge is 2.24. The van der Waals surface area contributed by atoms with Crippen molar-refractivity contribution in [3.05, 3.63) is 76.4 Å². The van der Waals surface area contributed by atoms with Crippen LogP contribution in [0.5, 0.6) is 0 Å². The zero-order valence-corrected chi connectivity index (χ0v) is 20.5. The van der Waals surface area contributed by atoms with Crippen LogP contribution in [-0.4, -0.2) is 39.2 Å². The zero-order valence-electron chi connectivity index (χ0n) is 19.7. The summed E-state index contributed by atoms with van der Waals surface area (Å²) in [5.41, 5.74) is 5.78. The number of benzene rings is 2. The van der Waals surface area contributed by atoms with Gasteiger partial charge < -0.3 is 10.2 Å². The largest absolute Gasteiger partial charge is 0.337 e. The molecule has 0 unspecified atom stereocenters. The first-order valence-corrected chi connectivity index (χ1v) is 12.5. The molecule has 2 aromatic heterocycles. The smallest absolute Gasteiger partial charge is 0.271 e. The molecule has 1 aliphatic rings. The van der Waals surface area contributed by atoms with E-state index in [0.717, 1.165) is 53.3 Å². The van der Waals surface area contributed by atoms with E-state index in [0.29, 0.717) is 22.9 Å². The number of amides is 2. The number of hydrogen-bond donors (Lipinski definition) is 1. The van der Waals surface area contributed by atoms with Crippen LogP contribution in [0.2, 0.25) is 0 Å². The molecule has 3 heterocycles. The molecule has 0 aliphatic carbocycles. The molecule has 1 aliphatic heterocycles. The highest BCUT2D eigenvalue weighted by atomic mass is 32.1. The quantitative estimate of drug-likeness (QED) is 0.408. The van der Waals surface area contributed by atoms with Gasteiger partial charge in [-0.3, -0.25) is 14.0 Å². The summed E-state index contributed by atoms with van der Waals surface area (Å²) in [5, 5.41) is 4.89. The number of nitrogens with zero attached hydrogens (tertiary/aromatic N) is 3. The molecule has 4 aromatic rings. The Hall–Kier alpha value is -3.45. The van der Waals surface area contributed by atoms with Crippen molar-refractivity contribution in [2.75, 3.05) is 18.4 Å². The van der Waals surface area contributed by atoms with Crippen molar-refractivity contribution in [3.63, 3.8) is 0 Å². The Morgan fingerprint density at radius 1 is 1.06 bits per heavy atom. The zero-order chi connectivity index (χ0) is 23.8. The summed E-state index contributed by atoms with van der Waals surface area (Å²) in [7, 11) is 0. The normalized spacial score (nSPS) is 14.5. The average molecular weight is 473 g/mol. The van der Waals surface area contributed by atoms with Crippen LogP contribution in [0.15, 0.2) is 54.0 Å². The summed E-state index contributed by atoms with van der Waals surface area (Å²) in [4.78, 5) is 33.4. The number of nitrogens with one attached hydrogen (secondary N) is 1. The van der Waals surface area contributed by atoms with E-state index in [2.05, 4.69) is 12.2 Å². The lowest BCUT2D eigenvalue weighted by molar-refractivity contribution is 0.0690. The van der Waals surface area contributed by atoms with E-state index in [-0.39, 0.29) is 11.8 Å². The summed E-state index contributed by atoms with van der Waals surface area (Å²) < 4.78 is 1.89. The molecule has 0 saturated carbocycles. The first kappa shape index (κ1) is 22.3. The predicted octanol–water partition coefficient (Wildman–Crippen LogP) is 5.80. The monoisotopic (exact) mass is 472 g/mol. The predicted molar refractivity (Wildman–Crippen MR) is 137 cm³/mol. The highest BCUT2D eigenvalue weighted by molar-refractivity contribution is 7.15. The Morgan fingerprint density at radius 2 is 1.79 bits per heavy atom. The molecular formula is C27H28N4O2S. The molecule has 34 heavy (non-hydrogen) atoms. The van der Waals surface area contributed by atoms with Crippen LogP contribution in [-0.2, 0) is 0 Å². The topological polar surface area (TPSA) is 66.7 Å². The Balaban J connectivity index is 1.37. The molecule has 174 valence electrons. The Bertz CT molecular complexity index is 1360. The van der Waals surface area contributed by atoms with Gasteiger partial charge in [-0.05, 0) is 56.9 Å². The molecule has 0 spiro atoms. The second kappa shape index (κ2) is 9.06. The third-order valence-corrected chi connectivity index (χ3v) is 7.24. The molecular weight excluding hydrogens is 444 g/mol. The summed E-state index contributed by atoms with van der Waals surface area (Å²) in [5.74, 6) is 0.601. The van der Waals surface area contributed by atoms with Gasteiger partial charge in [-0.2, -0.15) is 0 Å². The van der Waals surface area contributed by atoms with Crippen LogP contribution < -0.4 is 5.32 Å². The van der Waals surface area contributed by atoms with E-state index in [4.69, 9.17) is 4.98 Å². The Kier molecular flexibility index (Phi) is 5.96. The fourth-order valence-electron chi connectivity index (χ4n) is 4.52. The number of aryl methyl sites for hydroxylation is 2. The van der Waals surface area contributed by atoms with Crippen LogP contribution in [0.25, 0.3) is 16.2 Å². The van der Waals surface area contributed by atoms with Crippen molar-refractivity contribution in [2.45, 2.75) is 33.6 Å². The lowest BCUT2D eigenvalue weighted by atomic mass is 9.99. The SMILES string of the molecule is Cc1cc(C)cc(C(=O)Nc2cccc(-c3cn4c(C(=O)N5CCC(C)CC5)csc4n3)c2)c1. The van der Waals surface area contributed by atoms with E-state index >= 15 is 0 Å². The number of anilines is 1. The van der Waals surface area contributed by atoms with Gasteiger partial charge in [0.2, 0.25) is 0 Å². The molecule has 1 N–H and O–H groups in total. The maximum Gasteiger partial charge on any atom is 0.271 e. The van der Waals surface area contributed by atoms with Gasteiger partial charge in [0.05, 0.1) is 5.69 Å². The van der Waals surface area contributed by atoms with E-state index < -0.39 is 0 Å². The number of likely N-dealkylation sites (tertiary alicyclic amines) is 1. The fourth-order valence-corrected chi connectivity index (χ4v) is 5.36. The van der Waals surface area contributed by atoms with Crippen LogP contribution in [0.1, 0.15) is 51.7 Å². The lowest BCUT2D eigenvalue weighted by Gasteiger charge is -2.30. The van der Waals surface area contributed by atoms with Crippen molar-refractivity contribution >= 4 is 33.8 Å². The number of carbonyl (C=O) groups is 2. The van der Waals surface area contributed by atoms with Gasteiger partial charge in [0.15, 0.2) is 4.96 Å². The van der Waals surface area contributed by atoms with E-state index in [1.54, 1.807) is 0 Å². The average Bonchev–Trinajstić information content (AvgIpc) is 3.40.